The quantitative estimate of drug-likeness (QED) is 0.187. The third-order valence-electron chi connectivity index (χ3n) is 4.56. The fourth-order valence-electron chi connectivity index (χ4n) is 3.05. The lowest BCUT2D eigenvalue weighted by Gasteiger charge is -2.26. The molecule has 1 fully saturated rings. The Hall–Kier alpha value is -2.73. The van der Waals surface area contributed by atoms with Gasteiger partial charge in [0.2, 0.25) is 17.7 Å². The van der Waals surface area contributed by atoms with E-state index in [1.54, 1.807) is 0 Å². The molecule has 0 radical (unpaired) electrons. The van der Waals surface area contributed by atoms with Crippen molar-refractivity contribution in [2.24, 2.45) is 11.5 Å². The van der Waals surface area contributed by atoms with Gasteiger partial charge in [0.1, 0.15) is 12.1 Å². The zero-order valence-corrected chi connectivity index (χ0v) is 16.1. The molecule has 164 valence electrons. The van der Waals surface area contributed by atoms with E-state index in [0.29, 0.717) is 38.8 Å². The van der Waals surface area contributed by atoms with Crippen molar-refractivity contribution in [3.63, 3.8) is 0 Å². The van der Waals surface area contributed by atoms with Gasteiger partial charge in [-0.2, -0.15) is 0 Å². The first-order valence-electron chi connectivity index (χ1n) is 9.45. The fourth-order valence-corrected chi connectivity index (χ4v) is 3.05. The average molecular weight is 415 g/mol. The minimum Gasteiger partial charge on any atom is -0.481 e. The second-order valence-electron chi connectivity index (χ2n) is 6.85. The molecule has 29 heavy (non-hydrogen) atoms. The van der Waals surface area contributed by atoms with E-state index in [1.807, 2.05) is 5.32 Å². The molecule has 8 N–H and O–H groups in total. The van der Waals surface area contributed by atoms with Gasteiger partial charge in [0.05, 0.1) is 19.0 Å². The van der Waals surface area contributed by atoms with Crippen LogP contribution in [-0.4, -0.2) is 82.5 Å². The van der Waals surface area contributed by atoms with Crippen LogP contribution >= 0.6 is 0 Å². The van der Waals surface area contributed by atoms with Gasteiger partial charge in [-0.05, 0) is 32.2 Å². The van der Waals surface area contributed by atoms with Crippen LogP contribution in [0.3, 0.4) is 0 Å². The Bertz CT molecular complexity index is 627. The Morgan fingerprint density at radius 3 is 2.41 bits per heavy atom. The molecule has 3 amide bonds. The molecule has 3 unspecified atom stereocenters. The maximum atomic E-state index is 12.5. The Morgan fingerprint density at radius 2 is 1.83 bits per heavy atom. The second-order valence-corrected chi connectivity index (χ2v) is 6.85. The number of unbranched alkanes of at least 4 members (excludes halogenated alkanes) is 1. The highest BCUT2D eigenvalue weighted by atomic mass is 16.4. The predicted octanol–water partition coefficient (Wildman–Crippen LogP) is -2.41. The first-order chi connectivity index (χ1) is 13.7. The van der Waals surface area contributed by atoms with E-state index < -0.39 is 54.8 Å². The summed E-state index contributed by atoms with van der Waals surface area (Å²) in [4.78, 5) is 59.7. The second kappa shape index (κ2) is 12.0. The minimum absolute atomic E-state index is 0.337. The zero-order chi connectivity index (χ0) is 22.0. The van der Waals surface area contributed by atoms with Gasteiger partial charge < -0.3 is 37.2 Å². The minimum atomic E-state index is -1.60. The number of nitrogens with one attached hydrogen (secondary N) is 2. The van der Waals surface area contributed by atoms with Crippen molar-refractivity contribution >= 4 is 29.7 Å². The molecular weight excluding hydrogens is 386 g/mol. The molecule has 0 bridgehead atoms. The van der Waals surface area contributed by atoms with Gasteiger partial charge in [-0.15, -0.1) is 0 Å². The van der Waals surface area contributed by atoms with Crippen LogP contribution in [0.15, 0.2) is 0 Å². The maximum absolute atomic E-state index is 12.5. The summed E-state index contributed by atoms with van der Waals surface area (Å²) in [6.07, 6.45) is 2.16. The van der Waals surface area contributed by atoms with Crippen LogP contribution in [-0.2, 0) is 24.0 Å². The first-order valence-corrected chi connectivity index (χ1v) is 9.45. The zero-order valence-electron chi connectivity index (χ0n) is 16.1. The van der Waals surface area contributed by atoms with Gasteiger partial charge in [0.15, 0.2) is 0 Å². The van der Waals surface area contributed by atoms with E-state index in [0.717, 1.165) is 6.42 Å². The standard InChI is InChI=1S/C17H29N5O7/c18-6-2-1-4-10(19)16(27)22-7-3-5-12(22)15(26)20-9-13(23)21-11(17(28)29)8-14(24)25/h10-12H,1-9,18-19H2,(H,20,26)(H,21,23)(H,24,25)(H,28,29). The summed E-state index contributed by atoms with van der Waals surface area (Å²) in [6, 6.07) is -3.09. The maximum Gasteiger partial charge on any atom is 0.326 e. The molecule has 1 saturated heterocycles. The predicted molar refractivity (Wildman–Crippen MR) is 100 cm³/mol. The summed E-state index contributed by atoms with van der Waals surface area (Å²) in [5.74, 6) is -4.61. The summed E-state index contributed by atoms with van der Waals surface area (Å²) in [5.41, 5.74) is 11.3. The number of carboxylic acid groups (broad SMARTS) is 2. The van der Waals surface area contributed by atoms with E-state index in [4.69, 9.17) is 21.7 Å². The smallest absolute Gasteiger partial charge is 0.326 e. The van der Waals surface area contributed by atoms with Crippen LogP contribution in [0, 0.1) is 0 Å². The molecule has 0 aromatic heterocycles. The van der Waals surface area contributed by atoms with E-state index in [1.165, 1.54) is 4.90 Å². The molecule has 3 atom stereocenters. The third-order valence-corrected chi connectivity index (χ3v) is 4.56. The van der Waals surface area contributed by atoms with E-state index >= 15 is 0 Å². The Labute approximate surface area is 168 Å². The van der Waals surface area contributed by atoms with Crippen LogP contribution in [0.1, 0.15) is 38.5 Å². The van der Waals surface area contributed by atoms with E-state index in [-0.39, 0.29) is 5.91 Å². The number of carboxylic acids is 2. The normalized spacial score (nSPS) is 18.0. The van der Waals surface area contributed by atoms with Crippen molar-refractivity contribution in [1.82, 2.24) is 15.5 Å². The van der Waals surface area contributed by atoms with E-state index in [9.17, 15) is 24.0 Å². The van der Waals surface area contributed by atoms with Gasteiger partial charge in [-0.1, -0.05) is 6.42 Å². The van der Waals surface area contributed by atoms with Crippen LogP contribution in [0.4, 0.5) is 0 Å². The van der Waals surface area contributed by atoms with Gasteiger partial charge in [0, 0.05) is 6.54 Å². The third kappa shape index (κ3) is 8.03. The van der Waals surface area contributed by atoms with Crippen molar-refractivity contribution in [2.45, 2.75) is 56.7 Å². The summed E-state index contributed by atoms with van der Waals surface area (Å²) in [7, 11) is 0. The number of hydrogen-bond acceptors (Lipinski definition) is 7. The van der Waals surface area contributed by atoms with E-state index in [2.05, 4.69) is 5.32 Å². The van der Waals surface area contributed by atoms with Crippen molar-refractivity contribution < 1.29 is 34.2 Å². The summed E-state index contributed by atoms with van der Waals surface area (Å²) in [6.45, 7) is 0.351. The number of amides is 3. The molecule has 0 spiro atoms. The lowest BCUT2D eigenvalue weighted by atomic mass is 10.1. The average Bonchev–Trinajstić information content (AvgIpc) is 3.14. The van der Waals surface area contributed by atoms with Crippen molar-refractivity contribution in [2.75, 3.05) is 19.6 Å². The molecule has 0 aromatic rings. The molecular formula is C17H29N5O7. The molecule has 12 nitrogen and oxygen atoms in total. The lowest BCUT2D eigenvalue weighted by Crippen LogP contribution is -2.53. The Morgan fingerprint density at radius 1 is 1.14 bits per heavy atom. The van der Waals surface area contributed by atoms with Gasteiger partial charge in [0.25, 0.3) is 0 Å². The fraction of sp³-hybridized carbons (Fsp3) is 0.706. The van der Waals surface area contributed by atoms with Crippen LogP contribution in [0.25, 0.3) is 0 Å². The summed E-state index contributed by atoms with van der Waals surface area (Å²) < 4.78 is 0. The number of nitrogens with zero attached hydrogens (tertiary/aromatic N) is 1. The van der Waals surface area contributed by atoms with Gasteiger partial charge in [-0.3, -0.25) is 19.2 Å². The Balaban J connectivity index is 2.55. The van der Waals surface area contributed by atoms with Crippen molar-refractivity contribution in [1.29, 1.82) is 0 Å². The molecule has 1 aliphatic rings. The number of hydrogen-bond donors (Lipinski definition) is 6. The highest BCUT2D eigenvalue weighted by molar-refractivity contribution is 5.93. The largest absolute Gasteiger partial charge is 0.481 e. The monoisotopic (exact) mass is 415 g/mol. The number of likely N-dealkylation sites (tertiary alicyclic amines) is 1. The Kier molecular flexibility index (Phi) is 10.0. The van der Waals surface area contributed by atoms with Gasteiger partial charge in [-0.25, -0.2) is 4.79 Å². The highest BCUT2D eigenvalue weighted by Gasteiger charge is 2.36. The molecule has 12 heteroatoms. The van der Waals surface area contributed by atoms with Crippen molar-refractivity contribution in [3.05, 3.63) is 0 Å². The molecule has 0 aromatic carbocycles. The SMILES string of the molecule is NCCCCC(N)C(=O)N1CCCC1C(=O)NCC(=O)NC(CC(=O)O)C(=O)O. The van der Waals surface area contributed by atoms with Crippen LogP contribution in [0.2, 0.25) is 0 Å². The number of aliphatic carboxylic acids is 2. The molecule has 0 saturated carbocycles. The van der Waals surface area contributed by atoms with Gasteiger partial charge >= 0.3 is 11.9 Å². The van der Waals surface area contributed by atoms with Crippen LogP contribution < -0.4 is 22.1 Å². The number of nitrogens with two attached hydrogens (primary N) is 2. The van der Waals surface area contributed by atoms with Crippen molar-refractivity contribution in [3.8, 4) is 0 Å². The first kappa shape index (κ1) is 24.3. The topological polar surface area (TPSA) is 205 Å². The number of carbonyl (C=O) groups excluding carboxylic acids is 3. The number of rotatable bonds is 12. The molecule has 1 heterocycles. The molecule has 1 rings (SSSR count). The summed E-state index contributed by atoms with van der Waals surface area (Å²) >= 11 is 0. The molecule has 0 aliphatic carbocycles. The summed E-state index contributed by atoms with van der Waals surface area (Å²) in [5, 5.41) is 22.0. The number of carbonyl (C=O) groups is 5. The highest BCUT2D eigenvalue weighted by Crippen LogP contribution is 2.19. The lowest BCUT2D eigenvalue weighted by molar-refractivity contribution is -0.147. The van der Waals surface area contributed by atoms with Crippen LogP contribution in [0.5, 0.6) is 0 Å². The molecule has 1 aliphatic heterocycles.